The zero-order valence-electron chi connectivity index (χ0n) is 11.3. The van der Waals surface area contributed by atoms with E-state index in [9.17, 15) is 23.1 Å². The molecule has 118 valence electrons. The number of halogens is 3. The van der Waals surface area contributed by atoms with Crippen molar-refractivity contribution in [3.05, 3.63) is 0 Å². The first kappa shape index (κ1) is 17.0. The Kier molecular flexibility index (Phi) is 6.54. The highest BCUT2D eigenvalue weighted by molar-refractivity contribution is 5.73. The maximum Gasteiger partial charge on any atom is 0.411 e. The van der Waals surface area contributed by atoms with Crippen LogP contribution in [0.2, 0.25) is 0 Å². The number of ether oxygens (including phenoxy) is 1. The summed E-state index contributed by atoms with van der Waals surface area (Å²) < 4.78 is 39.6. The lowest BCUT2D eigenvalue weighted by atomic mass is 10.0. The van der Waals surface area contributed by atoms with E-state index >= 15 is 0 Å². The first-order valence-corrected chi connectivity index (χ1v) is 6.69. The van der Waals surface area contributed by atoms with Crippen molar-refractivity contribution in [1.29, 1.82) is 0 Å². The van der Waals surface area contributed by atoms with E-state index in [1.54, 1.807) is 0 Å². The number of nitrogens with one attached hydrogen (secondary N) is 2. The molecule has 0 spiro atoms. The standard InChI is InChI=1S/C12H21F3N2O3/c13-12(14,15)9-20-7-3-6-16-10(18)17-8-11(19)4-1-2-5-11/h19H,1-9H2,(H2,16,17,18). The number of hydrogen-bond acceptors (Lipinski definition) is 3. The Bertz CT molecular complexity index is 305. The minimum absolute atomic E-state index is 0.0657. The van der Waals surface area contributed by atoms with Crippen LogP contribution in [0.4, 0.5) is 18.0 Å². The zero-order valence-corrected chi connectivity index (χ0v) is 11.3. The summed E-state index contributed by atoms with van der Waals surface area (Å²) in [6.45, 7) is -0.915. The van der Waals surface area contributed by atoms with E-state index in [4.69, 9.17) is 0 Å². The largest absolute Gasteiger partial charge is 0.411 e. The second-order valence-electron chi connectivity index (χ2n) is 5.06. The molecule has 1 aliphatic rings. The maximum atomic E-state index is 11.7. The van der Waals surface area contributed by atoms with Gasteiger partial charge in [-0.05, 0) is 19.3 Å². The van der Waals surface area contributed by atoms with Crippen molar-refractivity contribution in [2.75, 3.05) is 26.3 Å². The number of aliphatic hydroxyl groups is 1. The summed E-state index contributed by atoms with van der Waals surface area (Å²) in [5.74, 6) is 0. The molecule has 0 atom stereocenters. The summed E-state index contributed by atoms with van der Waals surface area (Å²) in [5, 5.41) is 15.0. The third-order valence-corrected chi connectivity index (χ3v) is 3.13. The Hall–Kier alpha value is -1.02. The predicted octanol–water partition coefficient (Wildman–Crippen LogP) is 1.56. The molecule has 0 aliphatic heterocycles. The van der Waals surface area contributed by atoms with Crippen molar-refractivity contribution in [3.8, 4) is 0 Å². The number of rotatable bonds is 7. The van der Waals surface area contributed by atoms with Gasteiger partial charge in [0.25, 0.3) is 0 Å². The van der Waals surface area contributed by atoms with Crippen LogP contribution in [-0.2, 0) is 4.74 Å². The molecule has 3 N–H and O–H groups in total. The molecular formula is C12H21F3N2O3. The average molecular weight is 298 g/mol. The van der Waals surface area contributed by atoms with Crippen LogP contribution in [0.5, 0.6) is 0 Å². The normalized spacial score (nSPS) is 18.0. The van der Waals surface area contributed by atoms with Crippen molar-refractivity contribution < 1.29 is 27.8 Å². The highest BCUT2D eigenvalue weighted by Crippen LogP contribution is 2.28. The first-order valence-electron chi connectivity index (χ1n) is 6.69. The van der Waals surface area contributed by atoms with Gasteiger partial charge in [-0.25, -0.2) is 4.79 Å². The molecule has 8 heteroatoms. The van der Waals surface area contributed by atoms with Gasteiger partial charge in [-0.3, -0.25) is 0 Å². The van der Waals surface area contributed by atoms with E-state index in [0.29, 0.717) is 19.3 Å². The van der Waals surface area contributed by atoms with E-state index in [0.717, 1.165) is 12.8 Å². The number of alkyl halides is 3. The fourth-order valence-corrected chi connectivity index (χ4v) is 2.08. The minimum Gasteiger partial charge on any atom is -0.388 e. The summed E-state index contributed by atoms with van der Waals surface area (Å²) in [7, 11) is 0. The van der Waals surface area contributed by atoms with E-state index < -0.39 is 24.4 Å². The number of carbonyl (C=O) groups excluding carboxylic acids is 1. The summed E-state index contributed by atoms with van der Waals surface area (Å²) in [6, 6.07) is -0.429. The van der Waals surface area contributed by atoms with Crippen molar-refractivity contribution in [2.24, 2.45) is 0 Å². The van der Waals surface area contributed by atoms with Gasteiger partial charge >= 0.3 is 12.2 Å². The Balaban J connectivity index is 1.98. The van der Waals surface area contributed by atoms with Gasteiger partial charge in [0.2, 0.25) is 0 Å². The fraction of sp³-hybridized carbons (Fsp3) is 0.917. The molecule has 5 nitrogen and oxygen atoms in total. The SMILES string of the molecule is O=C(NCCCOCC(F)(F)F)NCC1(O)CCCC1. The molecule has 1 saturated carbocycles. The van der Waals surface area contributed by atoms with Crippen LogP contribution in [0.15, 0.2) is 0 Å². The molecule has 0 aromatic rings. The number of hydrogen-bond donors (Lipinski definition) is 3. The van der Waals surface area contributed by atoms with Crippen molar-refractivity contribution >= 4 is 6.03 Å². The predicted molar refractivity (Wildman–Crippen MR) is 66.3 cm³/mol. The van der Waals surface area contributed by atoms with E-state index in [1.165, 1.54) is 0 Å². The zero-order chi connectivity index (χ0) is 15.1. The van der Waals surface area contributed by atoms with Crippen molar-refractivity contribution in [3.63, 3.8) is 0 Å². The van der Waals surface area contributed by atoms with Crippen LogP contribution in [0.25, 0.3) is 0 Å². The molecule has 0 heterocycles. The Labute approximate surface area is 115 Å². The monoisotopic (exact) mass is 298 g/mol. The molecule has 20 heavy (non-hydrogen) atoms. The molecule has 1 fully saturated rings. The lowest BCUT2D eigenvalue weighted by Crippen LogP contribution is -2.45. The first-order chi connectivity index (χ1) is 9.31. The topological polar surface area (TPSA) is 70.6 Å². The maximum absolute atomic E-state index is 11.7. The minimum atomic E-state index is -4.32. The van der Waals surface area contributed by atoms with Gasteiger partial charge in [-0.15, -0.1) is 0 Å². The molecule has 2 amide bonds. The van der Waals surface area contributed by atoms with Gasteiger partial charge in [0.1, 0.15) is 6.61 Å². The summed E-state index contributed by atoms with van der Waals surface area (Å²) in [6.07, 6.45) is -0.751. The summed E-state index contributed by atoms with van der Waals surface area (Å²) >= 11 is 0. The molecule has 0 unspecified atom stereocenters. The molecule has 0 radical (unpaired) electrons. The molecular weight excluding hydrogens is 277 g/mol. The quantitative estimate of drug-likeness (QED) is 0.625. The number of amides is 2. The van der Waals surface area contributed by atoms with E-state index in [1.807, 2.05) is 0 Å². The van der Waals surface area contributed by atoms with Crippen molar-refractivity contribution in [1.82, 2.24) is 10.6 Å². The summed E-state index contributed by atoms with van der Waals surface area (Å²) in [4.78, 5) is 11.4. The lowest BCUT2D eigenvalue weighted by molar-refractivity contribution is -0.173. The van der Waals surface area contributed by atoms with Crippen LogP contribution < -0.4 is 10.6 Å². The molecule has 1 rings (SSSR count). The fourth-order valence-electron chi connectivity index (χ4n) is 2.08. The Morgan fingerprint density at radius 1 is 1.25 bits per heavy atom. The van der Waals surface area contributed by atoms with E-state index in [2.05, 4.69) is 15.4 Å². The van der Waals surface area contributed by atoms with Crippen LogP contribution >= 0.6 is 0 Å². The van der Waals surface area contributed by atoms with Gasteiger partial charge in [0, 0.05) is 19.7 Å². The number of carbonyl (C=O) groups is 1. The van der Waals surface area contributed by atoms with Crippen LogP contribution in [-0.4, -0.2) is 49.2 Å². The third kappa shape index (κ3) is 7.54. The molecule has 0 bridgehead atoms. The van der Waals surface area contributed by atoms with Crippen molar-refractivity contribution in [2.45, 2.75) is 43.9 Å². The Morgan fingerprint density at radius 2 is 1.90 bits per heavy atom. The van der Waals surface area contributed by atoms with Gasteiger partial charge in [0.05, 0.1) is 5.60 Å². The summed E-state index contributed by atoms with van der Waals surface area (Å²) in [5.41, 5.74) is -0.812. The molecule has 0 aromatic carbocycles. The average Bonchev–Trinajstić information content (AvgIpc) is 2.77. The van der Waals surface area contributed by atoms with Gasteiger partial charge < -0.3 is 20.5 Å². The second kappa shape index (κ2) is 7.68. The van der Waals surface area contributed by atoms with Gasteiger partial charge in [-0.2, -0.15) is 13.2 Å². The van der Waals surface area contributed by atoms with Crippen LogP contribution in [0.3, 0.4) is 0 Å². The van der Waals surface area contributed by atoms with Crippen LogP contribution in [0, 0.1) is 0 Å². The van der Waals surface area contributed by atoms with Gasteiger partial charge in [-0.1, -0.05) is 12.8 Å². The lowest BCUT2D eigenvalue weighted by Gasteiger charge is -2.22. The van der Waals surface area contributed by atoms with Crippen LogP contribution in [0.1, 0.15) is 32.1 Å². The third-order valence-electron chi connectivity index (χ3n) is 3.13. The smallest absolute Gasteiger partial charge is 0.388 e. The molecule has 0 saturated heterocycles. The highest BCUT2D eigenvalue weighted by Gasteiger charge is 2.31. The van der Waals surface area contributed by atoms with Gasteiger partial charge in [0.15, 0.2) is 0 Å². The Morgan fingerprint density at radius 3 is 2.50 bits per heavy atom. The molecule has 1 aliphatic carbocycles. The molecule has 0 aromatic heterocycles. The van der Waals surface area contributed by atoms with E-state index in [-0.39, 0.29) is 19.7 Å². The second-order valence-corrected chi connectivity index (χ2v) is 5.06. The highest BCUT2D eigenvalue weighted by atomic mass is 19.4. The number of urea groups is 1.